The van der Waals surface area contributed by atoms with E-state index in [-0.39, 0.29) is 5.91 Å². The number of thiophene rings is 1. The van der Waals surface area contributed by atoms with Crippen LogP contribution in [0.4, 0.5) is 5.69 Å². The van der Waals surface area contributed by atoms with E-state index >= 15 is 0 Å². The maximum Gasteiger partial charge on any atom is 0.255 e. The standard InChI is InChI=1S/C28H18N8OS/c37-28(16-4-2-1-3-5-16)32-19-8-18(10-29-11-19)22-9-20-23(14-31-22)35-36-26(20)27-33-24-13-30-12-21(25(24)34-27)17-6-7-38-15-17/h1-15H,(H,32,37)(H,33,34)(H,35,36). The molecular formula is C28H18N8OS. The highest BCUT2D eigenvalue weighted by molar-refractivity contribution is 7.08. The molecule has 182 valence electrons. The monoisotopic (exact) mass is 514 g/mol. The summed E-state index contributed by atoms with van der Waals surface area (Å²) in [5.74, 6) is 0.432. The van der Waals surface area contributed by atoms with Crippen LogP contribution in [0.25, 0.3) is 55.8 Å². The number of aromatic amines is 2. The number of amides is 1. The van der Waals surface area contributed by atoms with Gasteiger partial charge in [0, 0.05) is 34.5 Å². The molecule has 10 heteroatoms. The van der Waals surface area contributed by atoms with E-state index < -0.39 is 0 Å². The number of hydrogen-bond acceptors (Lipinski definition) is 7. The number of hydrogen-bond donors (Lipinski definition) is 3. The summed E-state index contributed by atoms with van der Waals surface area (Å²) in [7, 11) is 0. The van der Waals surface area contributed by atoms with E-state index in [1.54, 1.807) is 48.3 Å². The molecule has 0 saturated heterocycles. The molecule has 0 aliphatic rings. The molecule has 7 rings (SSSR count). The van der Waals surface area contributed by atoms with Gasteiger partial charge in [-0.2, -0.15) is 16.4 Å². The smallest absolute Gasteiger partial charge is 0.255 e. The SMILES string of the molecule is O=C(Nc1cncc(-c2cc3c(-c4nc5c(-c6ccsc6)cncc5[nH]4)n[nH]c3cn2)c1)c1ccccc1. The Kier molecular flexibility index (Phi) is 5.22. The molecule has 6 heterocycles. The van der Waals surface area contributed by atoms with Gasteiger partial charge >= 0.3 is 0 Å². The van der Waals surface area contributed by atoms with Crippen molar-refractivity contribution in [2.45, 2.75) is 0 Å². The molecule has 0 spiro atoms. The van der Waals surface area contributed by atoms with Crippen molar-refractivity contribution in [3.63, 3.8) is 0 Å². The van der Waals surface area contributed by atoms with E-state index in [2.05, 4.69) is 46.9 Å². The number of aromatic nitrogens is 7. The minimum atomic E-state index is -0.203. The molecule has 9 nitrogen and oxygen atoms in total. The normalized spacial score (nSPS) is 11.3. The highest BCUT2D eigenvalue weighted by Crippen LogP contribution is 2.32. The van der Waals surface area contributed by atoms with Gasteiger partial charge in [0.05, 0.1) is 41.0 Å². The number of nitrogens with zero attached hydrogens (tertiary/aromatic N) is 5. The summed E-state index contributed by atoms with van der Waals surface area (Å²) in [5.41, 5.74) is 7.79. The molecule has 6 aromatic heterocycles. The van der Waals surface area contributed by atoms with Crippen LogP contribution in [0.15, 0.2) is 90.3 Å². The molecule has 1 aromatic carbocycles. The number of imidazole rings is 1. The second-order valence-electron chi connectivity index (χ2n) is 8.65. The molecule has 0 saturated carbocycles. The maximum atomic E-state index is 12.6. The van der Waals surface area contributed by atoms with Crippen molar-refractivity contribution in [1.29, 1.82) is 0 Å². The lowest BCUT2D eigenvalue weighted by molar-refractivity contribution is 0.102. The lowest BCUT2D eigenvalue weighted by Gasteiger charge is -2.07. The van der Waals surface area contributed by atoms with Crippen molar-refractivity contribution < 1.29 is 4.79 Å². The molecule has 0 fully saturated rings. The second-order valence-corrected chi connectivity index (χ2v) is 9.43. The summed E-state index contributed by atoms with van der Waals surface area (Å²) in [6.45, 7) is 0. The molecule has 0 unspecified atom stereocenters. The largest absolute Gasteiger partial charge is 0.335 e. The summed E-state index contributed by atoms with van der Waals surface area (Å²) in [4.78, 5) is 34.1. The Labute approximate surface area is 219 Å². The van der Waals surface area contributed by atoms with Crippen molar-refractivity contribution in [3.8, 4) is 33.9 Å². The molecular weight excluding hydrogens is 496 g/mol. The topological polar surface area (TPSA) is 125 Å². The highest BCUT2D eigenvalue weighted by atomic mass is 32.1. The first-order valence-corrected chi connectivity index (χ1v) is 12.7. The van der Waals surface area contributed by atoms with Gasteiger partial charge in [0.2, 0.25) is 0 Å². The second kappa shape index (κ2) is 9.02. The van der Waals surface area contributed by atoms with Crippen LogP contribution in [0.5, 0.6) is 0 Å². The van der Waals surface area contributed by atoms with Gasteiger partial charge in [0.15, 0.2) is 5.82 Å². The predicted molar refractivity (Wildman–Crippen MR) is 148 cm³/mol. The van der Waals surface area contributed by atoms with E-state index in [4.69, 9.17) is 4.98 Å². The lowest BCUT2D eigenvalue weighted by atomic mass is 10.1. The molecule has 0 bridgehead atoms. The molecule has 0 radical (unpaired) electrons. The van der Waals surface area contributed by atoms with Crippen molar-refractivity contribution in [2.24, 2.45) is 0 Å². The number of H-pyrrole nitrogens is 2. The first-order valence-electron chi connectivity index (χ1n) is 11.8. The van der Waals surface area contributed by atoms with Crippen LogP contribution in [-0.2, 0) is 0 Å². The van der Waals surface area contributed by atoms with Crippen molar-refractivity contribution in [2.75, 3.05) is 5.32 Å². The third-order valence-electron chi connectivity index (χ3n) is 6.23. The van der Waals surface area contributed by atoms with Gasteiger partial charge in [0.1, 0.15) is 11.2 Å². The van der Waals surface area contributed by atoms with Crippen molar-refractivity contribution >= 4 is 44.9 Å². The summed E-state index contributed by atoms with van der Waals surface area (Å²) in [5, 5.41) is 15.5. The number of rotatable bonds is 5. The highest BCUT2D eigenvalue weighted by Gasteiger charge is 2.17. The molecule has 0 aliphatic heterocycles. The van der Waals surface area contributed by atoms with Crippen LogP contribution in [0.1, 0.15) is 10.4 Å². The Bertz CT molecular complexity index is 1930. The van der Waals surface area contributed by atoms with Gasteiger partial charge < -0.3 is 10.3 Å². The zero-order valence-corrected chi connectivity index (χ0v) is 20.5. The average Bonchev–Trinajstić information content (AvgIpc) is 3.73. The summed E-state index contributed by atoms with van der Waals surface area (Å²) < 4.78 is 0. The molecule has 38 heavy (non-hydrogen) atoms. The van der Waals surface area contributed by atoms with Gasteiger partial charge in [-0.3, -0.25) is 24.8 Å². The molecule has 3 N–H and O–H groups in total. The molecule has 0 atom stereocenters. The predicted octanol–water partition coefficient (Wildman–Crippen LogP) is 5.94. The van der Waals surface area contributed by atoms with E-state index in [0.29, 0.717) is 28.5 Å². The zero-order chi connectivity index (χ0) is 25.5. The number of carbonyl (C=O) groups is 1. The maximum absolute atomic E-state index is 12.6. The van der Waals surface area contributed by atoms with Gasteiger partial charge in [-0.15, -0.1) is 0 Å². The first kappa shape index (κ1) is 22.0. The molecule has 7 aromatic rings. The first-order chi connectivity index (χ1) is 18.7. The van der Waals surface area contributed by atoms with Gasteiger partial charge in [-0.25, -0.2) is 4.98 Å². The minimum Gasteiger partial charge on any atom is -0.335 e. The number of fused-ring (bicyclic) bond motifs is 2. The van der Waals surface area contributed by atoms with Crippen LogP contribution < -0.4 is 5.32 Å². The fourth-order valence-corrected chi connectivity index (χ4v) is 5.03. The number of nitrogens with one attached hydrogen (secondary N) is 3. The Morgan fingerprint density at radius 2 is 1.79 bits per heavy atom. The fourth-order valence-electron chi connectivity index (χ4n) is 4.37. The number of carbonyl (C=O) groups excluding carboxylic acids is 1. The Balaban J connectivity index is 1.25. The van der Waals surface area contributed by atoms with E-state index in [1.807, 2.05) is 41.9 Å². The minimum absolute atomic E-state index is 0.203. The Morgan fingerprint density at radius 3 is 2.66 bits per heavy atom. The summed E-state index contributed by atoms with van der Waals surface area (Å²) in [6.07, 6.45) is 8.66. The van der Waals surface area contributed by atoms with Gasteiger partial charge in [0.25, 0.3) is 5.91 Å². The van der Waals surface area contributed by atoms with Crippen molar-refractivity contribution in [3.05, 3.63) is 95.8 Å². The van der Waals surface area contributed by atoms with Crippen LogP contribution in [0.3, 0.4) is 0 Å². The zero-order valence-electron chi connectivity index (χ0n) is 19.7. The fraction of sp³-hybridized carbons (Fsp3) is 0. The van der Waals surface area contributed by atoms with E-state index in [0.717, 1.165) is 38.6 Å². The van der Waals surface area contributed by atoms with Crippen LogP contribution >= 0.6 is 11.3 Å². The third-order valence-corrected chi connectivity index (χ3v) is 6.91. The molecule has 1 amide bonds. The molecule has 0 aliphatic carbocycles. The average molecular weight is 515 g/mol. The van der Waals surface area contributed by atoms with Crippen LogP contribution in [0, 0.1) is 0 Å². The summed E-state index contributed by atoms with van der Waals surface area (Å²) in [6, 6.07) is 14.9. The Morgan fingerprint density at radius 1 is 0.895 bits per heavy atom. The number of pyridine rings is 3. The van der Waals surface area contributed by atoms with E-state index in [9.17, 15) is 4.79 Å². The number of anilines is 1. The van der Waals surface area contributed by atoms with E-state index in [1.165, 1.54) is 0 Å². The quantitative estimate of drug-likeness (QED) is 0.261. The van der Waals surface area contributed by atoms with Gasteiger partial charge in [-0.1, -0.05) is 18.2 Å². The number of benzene rings is 1. The van der Waals surface area contributed by atoms with Crippen LogP contribution in [-0.4, -0.2) is 41.0 Å². The van der Waals surface area contributed by atoms with Gasteiger partial charge in [-0.05, 0) is 46.7 Å². The van der Waals surface area contributed by atoms with Crippen LogP contribution in [0.2, 0.25) is 0 Å². The lowest BCUT2D eigenvalue weighted by Crippen LogP contribution is -2.11. The van der Waals surface area contributed by atoms with Crippen molar-refractivity contribution in [1.82, 2.24) is 35.1 Å². The summed E-state index contributed by atoms with van der Waals surface area (Å²) >= 11 is 1.63. The third kappa shape index (κ3) is 3.89. The Hall–Kier alpha value is -5.22.